The summed E-state index contributed by atoms with van der Waals surface area (Å²) in [5, 5.41) is 2.89. The number of nitrogens with zero attached hydrogens (tertiary/aromatic N) is 24. The predicted molar refractivity (Wildman–Crippen MR) is 347 cm³/mol. The zero-order chi connectivity index (χ0) is 62.1. The van der Waals surface area contributed by atoms with E-state index < -0.39 is 0 Å². The van der Waals surface area contributed by atoms with Crippen molar-refractivity contribution in [3.63, 3.8) is 0 Å². The number of hydrogen-bond donors (Lipinski definition) is 4. The van der Waals surface area contributed by atoms with Crippen molar-refractivity contribution in [3.8, 4) is 0 Å². The number of fused-ring (bicyclic) bond motifs is 22. The Hall–Kier alpha value is -10.0. The van der Waals surface area contributed by atoms with Gasteiger partial charge in [0.2, 0.25) is 0 Å². The Kier molecular flexibility index (Phi) is 14.1. The van der Waals surface area contributed by atoms with Crippen LogP contribution in [0.2, 0.25) is 0 Å². The van der Waals surface area contributed by atoms with Crippen molar-refractivity contribution in [2.75, 3.05) is 189 Å². The average Bonchev–Trinajstić information content (AvgIpc) is 1.64. The summed E-state index contributed by atoms with van der Waals surface area (Å²) in [5.74, 6) is 3.58. The van der Waals surface area contributed by atoms with E-state index in [0.717, 1.165) is 89.9 Å². The summed E-state index contributed by atoms with van der Waals surface area (Å²) < 4.78 is 0. The maximum atomic E-state index is 5.49. The molecule has 0 amide bonds. The number of H-pyrrole nitrogens is 4. The number of benzene rings is 1. The van der Waals surface area contributed by atoms with Gasteiger partial charge in [-0.25, -0.2) is 59.8 Å². The molecule has 0 spiro atoms. The molecule has 28 heteroatoms. The molecule has 11 rings (SSSR count). The Balaban J connectivity index is 1.38. The number of rotatable bonds is 12. The highest BCUT2D eigenvalue weighted by Gasteiger charge is 2.33. The topological polar surface area (TPSA) is 257 Å². The molecular weight excluding hydrogens is 1090 g/mol. The van der Waals surface area contributed by atoms with Gasteiger partial charge in [0, 0.05) is 191 Å². The smallest absolute Gasteiger partial charge is 0.182 e. The lowest BCUT2D eigenvalue weighted by Gasteiger charge is -2.21. The molecule has 0 radical (unpaired) electrons. The normalized spacial score (nSPS) is 13.4. The molecule has 16 bridgehead atoms. The van der Waals surface area contributed by atoms with E-state index in [2.05, 4.69) is 32.1 Å². The van der Waals surface area contributed by atoms with Gasteiger partial charge in [-0.2, -0.15) is 0 Å². The third kappa shape index (κ3) is 9.29. The molecule has 10 heterocycles. The van der Waals surface area contributed by atoms with E-state index in [-0.39, 0.29) is 0 Å². The Labute approximate surface area is 499 Å². The summed E-state index contributed by atoms with van der Waals surface area (Å²) in [4.78, 5) is 103. The lowest BCUT2D eigenvalue weighted by molar-refractivity contribution is 0.553. The molecule has 28 nitrogen and oxygen atoms in total. The first-order valence-corrected chi connectivity index (χ1v) is 27.9. The fourth-order valence-corrected chi connectivity index (χ4v) is 11.6. The highest BCUT2D eigenvalue weighted by Crippen LogP contribution is 2.42. The summed E-state index contributed by atoms with van der Waals surface area (Å²) >= 11 is 0. The van der Waals surface area contributed by atoms with Crippen molar-refractivity contribution in [2.24, 2.45) is 0 Å². The molecule has 0 fully saturated rings. The van der Waals surface area contributed by atoms with E-state index in [1.165, 1.54) is 0 Å². The third-order valence-corrected chi connectivity index (χ3v) is 15.0. The van der Waals surface area contributed by atoms with Gasteiger partial charge in [0.25, 0.3) is 0 Å². The zero-order valence-corrected chi connectivity index (χ0v) is 53.9. The van der Waals surface area contributed by atoms with Crippen LogP contribution in [0.4, 0.5) is 22.7 Å². The molecule has 0 aliphatic carbocycles. The third-order valence-electron chi connectivity index (χ3n) is 15.0. The molecule has 0 saturated carbocycles. The lowest BCUT2D eigenvalue weighted by atomic mass is 10.1. The van der Waals surface area contributed by atoms with Crippen molar-refractivity contribution in [1.29, 1.82) is 0 Å². The fourth-order valence-electron chi connectivity index (χ4n) is 11.6. The van der Waals surface area contributed by atoms with Gasteiger partial charge in [-0.15, -0.1) is 0 Å². The van der Waals surface area contributed by atoms with Gasteiger partial charge in [-0.05, 0) is 12.1 Å². The van der Waals surface area contributed by atoms with E-state index in [0.29, 0.717) is 91.8 Å². The van der Waals surface area contributed by atoms with E-state index in [1.54, 1.807) is 0 Å². The van der Waals surface area contributed by atoms with Crippen molar-refractivity contribution >= 4 is 135 Å². The predicted octanol–water partition coefficient (Wildman–Crippen LogP) is 4.47. The van der Waals surface area contributed by atoms with Crippen LogP contribution in [0.3, 0.4) is 0 Å². The molecule has 4 aliphatic heterocycles. The molecule has 4 N–H and O–H groups in total. The standard InChI is InChI=1S/C58H78N28/c1-75(2)31-35(79(9)10)51-65-47(31)61-43-27-25-29-30(26-28(27)44(59-43)62-48-32(76(3)4)36(80(11)12)52(66-48)70-56-40(84(19)20)39(83(17)18)55(69-51)73-56)46-60-45(29)63-49-33(77(5)6)37(81(13)14)53(67-49)71-57-41(85(21)22)42(86(23)24)58(74-57)72-54-38(82(15)16)34(78(7)8)50(64-46)68-54/h25-26H,1-24H3,(H2,59,61,62,65,66,69,70,73)(H2,60,63,64,67,68,71,72,74). The number of aromatic amines is 4. The quantitative estimate of drug-likeness (QED) is 0.132. The van der Waals surface area contributed by atoms with Crippen LogP contribution in [-0.4, -0.2) is 288 Å². The van der Waals surface area contributed by atoms with Crippen LogP contribution >= 0.6 is 0 Å². The number of anilines is 4. The summed E-state index contributed by atoms with van der Waals surface area (Å²) in [7, 11) is 47.7. The molecule has 0 unspecified atom stereocenters. The highest BCUT2D eigenvalue weighted by molar-refractivity contribution is 6.17. The van der Waals surface area contributed by atoms with Crippen LogP contribution in [0.5, 0.6) is 0 Å². The first kappa shape index (κ1) is 57.8. The minimum atomic E-state index is 0.435. The van der Waals surface area contributed by atoms with Gasteiger partial charge in [0.1, 0.15) is 90.9 Å². The van der Waals surface area contributed by atoms with E-state index >= 15 is 0 Å². The summed E-state index contributed by atoms with van der Waals surface area (Å²) in [6.07, 6.45) is 0. The summed E-state index contributed by atoms with van der Waals surface area (Å²) in [5.41, 5.74) is 13.6. The first-order chi connectivity index (χ1) is 40.6. The van der Waals surface area contributed by atoms with Crippen LogP contribution in [0.15, 0.2) is 12.1 Å². The van der Waals surface area contributed by atoms with Crippen molar-refractivity contribution in [2.45, 2.75) is 0 Å². The van der Waals surface area contributed by atoms with E-state index in [4.69, 9.17) is 59.8 Å². The lowest BCUT2D eigenvalue weighted by Crippen LogP contribution is -2.18. The molecular formula is C58H78N28. The first-order valence-electron chi connectivity index (χ1n) is 27.9. The summed E-state index contributed by atoms with van der Waals surface area (Å²) in [6, 6.07) is 4.16. The molecule has 0 atom stereocenters. The second kappa shape index (κ2) is 20.9. The Bertz CT molecular complexity index is 3900. The number of nitrogens with one attached hydrogen (secondary N) is 4. The van der Waals surface area contributed by atoms with Crippen molar-refractivity contribution < 1.29 is 0 Å². The van der Waals surface area contributed by atoms with Gasteiger partial charge in [-0.3, -0.25) is 0 Å². The second-order valence-electron chi connectivity index (χ2n) is 24.1. The SMILES string of the molecule is CN(C)C1=C(N(C)C)c2nc1nc1[nH]c(nc3nc(nc4[nH]c(n2)c2cc5c6nc7nc(nc8[nH]c(nc9nc(nc([nH]6)c5cc42)C(N(C)C)=C9N(C)C)c(N(C)C)c8N(C)C)C(N(C)C)=C7N(C)C)C(N(C)C)=C3N(C)C)c(N(C)C)c1N(C)C. The molecule has 0 saturated heterocycles. The number of hydrogen-bond acceptors (Lipinski definition) is 24. The Morgan fingerprint density at radius 1 is 0.186 bits per heavy atom. The Morgan fingerprint density at radius 2 is 0.326 bits per heavy atom. The summed E-state index contributed by atoms with van der Waals surface area (Å²) in [6.45, 7) is 0. The second-order valence-corrected chi connectivity index (χ2v) is 24.1. The van der Waals surface area contributed by atoms with Crippen molar-refractivity contribution in [1.82, 2.24) is 119 Å². The van der Waals surface area contributed by atoms with Crippen molar-refractivity contribution in [3.05, 3.63) is 58.7 Å². The fraction of sp³-hybridized carbons (Fsp3) is 0.414. The highest BCUT2D eigenvalue weighted by atomic mass is 15.3. The Morgan fingerprint density at radius 3 is 0.465 bits per heavy atom. The van der Waals surface area contributed by atoms with E-state index in [9.17, 15) is 0 Å². The van der Waals surface area contributed by atoms with Crippen LogP contribution < -0.4 is 19.6 Å². The monoisotopic (exact) mass is 1170 g/mol. The molecule has 86 heavy (non-hydrogen) atoms. The maximum Gasteiger partial charge on any atom is 0.182 e. The molecule has 4 aliphatic rings. The maximum absolute atomic E-state index is 5.49. The van der Waals surface area contributed by atoms with Gasteiger partial charge < -0.3 is 78.7 Å². The average molecular weight is 1170 g/mol. The molecule has 6 aromatic heterocycles. The van der Waals surface area contributed by atoms with E-state index in [1.807, 2.05) is 228 Å². The zero-order valence-electron chi connectivity index (χ0n) is 53.9. The number of aromatic nitrogens is 16. The van der Waals surface area contributed by atoms with Gasteiger partial charge in [-0.1, -0.05) is 0 Å². The van der Waals surface area contributed by atoms with Crippen LogP contribution in [-0.2, 0) is 0 Å². The van der Waals surface area contributed by atoms with Gasteiger partial charge in [0.05, 0.1) is 0 Å². The molecule has 450 valence electrons. The van der Waals surface area contributed by atoms with Crippen LogP contribution in [0, 0.1) is 0 Å². The molecule has 7 aromatic rings. The minimum Gasteiger partial charge on any atom is -0.373 e. The van der Waals surface area contributed by atoms with Crippen LogP contribution in [0.25, 0.3) is 112 Å². The van der Waals surface area contributed by atoms with Gasteiger partial charge in [0.15, 0.2) is 69.2 Å². The van der Waals surface area contributed by atoms with Gasteiger partial charge >= 0.3 is 0 Å². The minimum absolute atomic E-state index is 0.435. The largest absolute Gasteiger partial charge is 0.373 e. The molecule has 1 aromatic carbocycles. The van der Waals surface area contributed by atoms with Crippen LogP contribution in [0.1, 0.15) is 46.6 Å².